The molecular formula is C19H29NO. The number of rotatable bonds is 5. The topological polar surface area (TPSA) is 21.3 Å². The second kappa shape index (κ2) is 6.00. The Balaban J connectivity index is 1.65. The third kappa shape index (κ3) is 3.79. The van der Waals surface area contributed by atoms with E-state index in [1.807, 2.05) is 0 Å². The van der Waals surface area contributed by atoms with Gasteiger partial charge < -0.3 is 10.1 Å². The maximum absolute atomic E-state index is 5.28. The molecule has 116 valence electrons. The minimum absolute atomic E-state index is 0.544. The van der Waals surface area contributed by atoms with E-state index >= 15 is 0 Å². The van der Waals surface area contributed by atoms with Gasteiger partial charge in [0.2, 0.25) is 0 Å². The quantitative estimate of drug-likeness (QED) is 0.847. The van der Waals surface area contributed by atoms with Crippen molar-refractivity contribution in [1.29, 1.82) is 0 Å². The molecule has 2 aliphatic carbocycles. The molecule has 1 N–H and O–H groups in total. The van der Waals surface area contributed by atoms with Crippen LogP contribution in [0.2, 0.25) is 0 Å². The number of ether oxygens (including phenoxy) is 1. The zero-order chi connectivity index (χ0) is 14.9. The normalized spacial score (nSPS) is 23.8. The molecule has 1 atom stereocenters. The summed E-state index contributed by atoms with van der Waals surface area (Å²) in [6.07, 6.45) is 8.11. The van der Waals surface area contributed by atoms with Gasteiger partial charge in [-0.3, -0.25) is 0 Å². The highest BCUT2D eigenvalue weighted by Crippen LogP contribution is 2.43. The lowest BCUT2D eigenvalue weighted by Gasteiger charge is -2.36. The smallest absolute Gasteiger partial charge is 0.118 e. The highest BCUT2D eigenvalue weighted by molar-refractivity contribution is 5.30. The first-order valence-electron chi connectivity index (χ1n) is 8.47. The van der Waals surface area contributed by atoms with Crippen molar-refractivity contribution in [2.75, 3.05) is 7.11 Å². The molecule has 1 aromatic rings. The molecule has 0 aliphatic heterocycles. The van der Waals surface area contributed by atoms with Gasteiger partial charge in [0.1, 0.15) is 5.75 Å². The summed E-state index contributed by atoms with van der Waals surface area (Å²) in [6.45, 7) is 4.82. The summed E-state index contributed by atoms with van der Waals surface area (Å²) in [4.78, 5) is 0. The summed E-state index contributed by atoms with van der Waals surface area (Å²) in [5, 5.41) is 3.97. The molecule has 0 saturated heterocycles. The van der Waals surface area contributed by atoms with Crippen LogP contribution in [0.25, 0.3) is 0 Å². The molecule has 0 spiro atoms. The second-order valence-corrected chi connectivity index (χ2v) is 7.69. The van der Waals surface area contributed by atoms with Crippen molar-refractivity contribution in [2.24, 2.45) is 11.3 Å². The Morgan fingerprint density at radius 2 is 1.67 bits per heavy atom. The van der Waals surface area contributed by atoms with Gasteiger partial charge in [0.15, 0.2) is 0 Å². The van der Waals surface area contributed by atoms with Gasteiger partial charge in [0, 0.05) is 12.1 Å². The minimum atomic E-state index is 0.544. The van der Waals surface area contributed by atoms with Crippen LogP contribution >= 0.6 is 0 Å². The van der Waals surface area contributed by atoms with Crippen LogP contribution in [-0.2, 0) is 0 Å². The number of nitrogens with one attached hydrogen (secondary N) is 1. The number of benzene rings is 1. The van der Waals surface area contributed by atoms with Crippen LogP contribution in [0.15, 0.2) is 24.3 Å². The van der Waals surface area contributed by atoms with Crippen LogP contribution in [0.3, 0.4) is 0 Å². The first-order chi connectivity index (χ1) is 10.1. The lowest BCUT2D eigenvalue weighted by molar-refractivity contribution is 0.195. The molecule has 2 heteroatoms. The van der Waals surface area contributed by atoms with E-state index in [4.69, 9.17) is 4.74 Å². The maximum Gasteiger partial charge on any atom is 0.118 e. The van der Waals surface area contributed by atoms with Gasteiger partial charge in [-0.15, -0.1) is 0 Å². The zero-order valence-corrected chi connectivity index (χ0v) is 13.7. The first kappa shape index (κ1) is 14.9. The van der Waals surface area contributed by atoms with Crippen molar-refractivity contribution in [2.45, 2.75) is 64.5 Å². The Hall–Kier alpha value is -1.02. The summed E-state index contributed by atoms with van der Waals surface area (Å²) < 4.78 is 5.28. The monoisotopic (exact) mass is 287 g/mol. The number of hydrogen-bond acceptors (Lipinski definition) is 2. The molecule has 1 unspecified atom stereocenters. The van der Waals surface area contributed by atoms with E-state index in [-0.39, 0.29) is 0 Å². The lowest BCUT2D eigenvalue weighted by Crippen LogP contribution is -2.38. The van der Waals surface area contributed by atoms with E-state index in [9.17, 15) is 0 Å². The van der Waals surface area contributed by atoms with E-state index < -0.39 is 0 Å². The van der Waals surface area contributed by atoms with Crippen LogP contribution in [0, 0.1) is 11.3 Å². The Kier molecular flexibility index (Phi) is 4.26. The highest BCUT2D eigenvalue weighted by Gasteiger charge is 2.35. The molecule has 21 heavy (non-hydrogen) atoms. The standard InChI is InChI=1S/C19H29NO/c1-19(2)12-10-16(11-13-19)20-18(14-4-5-14)15-6-8-17(21-3)9-7-15/h6-9,14,16,18,20H,4-5,10-13H2,1-3H3. The summed E-state index contributed by atoms with van der Waals surface area (Å²) in [6, 6.07) is 9.91. The van der Waals surface area contributed by atoms with Crippen molar-refractivity contribution in [3.05, 3.63) is 29.8 Å². The third-order valence-electron chi connectivity index (χ3n) is 5.32. The van der Waals surface area contributed by atoms with Gasteiger partial charge in [-0.2, -0.15) is 0 Å². The summed E-state index contributed by atoms with van der Waals surface area (Å²) in [5.41, 5.74) is 1.98. The predicted octanol–water partition coefficient (Wildman–Crippen LogP) is 4.70. The van der Waals surface area contributed by atoms with Gasteiger partial charge in [-0.25, -0.2) is 0 Å². The Morgan fingerprint density at radius 3 is 2.19 bits per heavy atom. The maximum atomic E-state index is 5.28. The van der Waals surface area contributed by atoms with E-state index in [1.165, 1.54) is 44.1 Å². The van der Waals surface area contributed by atoms with Gasteiger partial charge in [-0.05, 0) is 67.6 Å². The molecule has 3 rings (SSSR count). The Bertz CT molecular complexity index is 451. The van der Waals surface area contributed by atoms with Crippen molar-refractivity contribution in [3.63, 3.8) is 0 Å². The average Bonchev–Trinajstić information content (AvgIpc) is 3.31. The summed E-state index contributed by atoms with van der Waals surface area (Å²) >= 11 is 0. The Labute approximate surface area is 129 Å². The molecule has 0 bridgehead atoms. The molecule has 0 amide bonds. The predicted molar refractivity (Wildman–Crippen MR) is 87.6 cm³/mol. The van der Waals surface area contributed by atoms with Crippen molar-refractivity contribution < 1.29 is 4.74 Å². The Morgan fingerprint density at radius 1 is 1.05 bits per heavy atom. The average molecular weight is 287 g/mol. The van der Waals surface area contributed by atoms with Gasteiger partial charge >= 0.3 is 0 Å². The summed E-state index contributed by atoms with van der Waals surface area (Å²) in [7, 11) is 1.73. The molecule has 2 saturated carbocycles. The van der Waals surface area contributed by atoms with Gasteiger partial charge in [0.05, 0.1) is 7.11 Å². The fraction of sp³-hybridized carbons (Fsp3) is 0.684. The molecule has 1 aromatic carbocycles. The van der Waals surface area contributed by atoms with Crippen LogP contribution in [-0.4, -0.2) is 13.2 Å². The molecule has 0 aromatic heterocycles. The van der Waals surface area contributed by atoms with Crippen LogP contribution < -0.4 is 10.1 Å². The molecule has 2 fully saturated rings. The fourth-order valence-corrected chi connectivity index (χ4v) is 3.57. The fourth-order valence-electron chi connectivity index (χ4n) is 3.57. The molecule has 2 nitrogen and oxygen atoms in total. The third-order valence-corrected chi connectivity index (χ3v) is 5.32. The highest BCUT2D eigenvalue weighted by atomic mass is 16.5. The number of hydrogen-bond donors (Lipinski definition) is 1. The molecular weight excluding hydrogens is 258 g/mol. The molecule has 2 aliphatic rings. The second-order valence-electron chi connectivity index (χ2n) is 7.69. The van der Waals surface area contributed by atoms with E-state index in [0.717, 1.165) is 11.7 Å². The van der Waals surface area contributed by atoms with Crippen molar-refractivity contribution >= 4 is 0 Å². The van der Waals surface area contributed by atoms with Crippen LogP contribution in [0.5, 0.6) is 5.75 Å². The van der Waals surface area contributed by atoms with Gasteiger partial charge in [-0.1, -0.05) is 26.0 Å². The molecule has 0 heterocycles. The van der Waals surface area contributed by atoms with Crippen molar-refractivity contribution in [3.8, 4) is 5.75 Å². The van der Waals surface area contributed by atoms with Crippen molar-refractivity contribution in [1.82, 2.24) is 5.32 Å². The minimum Gasteiger partial charge on any atom is -0.497 e. The SMILES string of the molecule is COc1ccc(C(NC2CCC(C)(C)CC2)C2CC2)cc1. The summed E-state index contributed by atoms with van der Waals surface area (Å²) in [5.74, 6) is 1.79. The zero-order valence-electron chi connectivity index (χ0n) is 13.7. The number of methoxy groups -OCH3 is 1. The van der Waals surface area contributed by atoms with Crippen LogP contribution in [0.4, 0.5) is 0 Å². The lowest BCUT2D eigenvalue weighted by atomic mass is 9.75. The first-order valence-corrected chi connectivity index (χ1v) is 8.47. The van der Waals surface area contributed by atoms with Gasteiger partial charge in [0.25, 0.3) is 0 Å². The largest absolute Gasteiger partial charge is 0.497 e. The van der Waals surface area contributed by atoms with E-state index in [1.54, 1.807) is 7.11 Å². The molecule has 0 radical (unpaired) electrons. The van der Waals surface area contributed by atoms with E-state index in [2.05, 4.69) is 43.4 Å². The van der Waals surface area contributed by atoms with Crippen LogP contribution in [0.1, 0.15) is 64.0 Å². The van der Waals surface area contributed by atoms with E-state index in [0.29, 0.717) is 17.5 Å².